The number of fused-ring (bicyclic) bond motifs is 45. The van der Waals surface area contributed by atoms with Crippen molar-refractivity contribution in [1.82, 2.24) is 0 Å². The van der Waals surface area contributed by atoms with E-state index in [9.17, 15) is 0 Å². The fourth-order valence-corrected chi connectivity index (χ4v) is 26.7. The first kappa shape index (κ1) is 89.2. The Morgan fingerprint density at radius 2 is 0.386 bits per heavy atom. The second-order valence-corrected chi connectivity index (χ2v) is 40.9. The molecule has 0 nitrogen and oxygen atoms in total. The average Bonchev–Trinajstić information content (AvgIpc) is 1.56. The summed E-state index contributed by atoms with van der Waals surface area (Å²) in [6.07, 6.45) is 14.1. The van der Waals surface area contributed by atoms with Gasteiger partial charge >= 0.3 is 0 Å². The van der Waals surface area contributed by atoms with E-state index in [1.807, 2.05) is 18.2 Å². The van der Waals surface area contributed by atoms with Gasteiger partial charge in [0.15, 0.2) is 0 Å². The van der Waals surface area contributed by atoms with Crippen LogP contribution in [0.1, 0.15) is 145 Å². The average molecular weight is 1990 g/mol. The molecule has 2 heteroatoms. The van der Waals surface area contributed by atoms with Crippen LogP contribution in [0.25, 0.3) is 167 Å². The summed E-state index contributed by atoms with van der Waals surface area (Å²) in [7, 11) is 0. The maximum Gasteiger partial charge on any atom is 0 e. The van der Waals surface area contributed by atoms with Gasteiger partial charge in [0.25, 0.3) is 0 Å². The number of hydrogen-bond acceptors (Lipinski definition) is 0. The molecule has 0 aliphatic heterocycles. The molecule has 0 bridgehead atoms. The summed E-state index contributed by atoms with van der Waals surface area (Å²) >= 11 is 0. The molecular weight excluding hydrogens is 1900 g/mol. The monoisotopic (exact) mass is 1990 g/mol. The molecule has 0 unspecified atom stereocenters. The van der Waals surface area contributed by atoms with Crippen LogP contribution in [0.15, 0.2) is 437 Å². The molecule has 22 aromatic rings. The quantitative estimate of drug-likeness (QED) is 0.144. The minimum atomic E-state index is 0. The Balaban J connectivity index is 0.0000000839. The topological polar surface area (TPSA) is 0 Å². The molecule has 22 aromatic carbocycles. The zero-order valence-corrected chi connectivity index (χ0v) is 86.6. The van der Waals surface area contributed by atoms with Crippen LogP contribution in [0.5, 0.6) is 0 Å². The third-order valence-electron chi connectivity index (χ3n) is 33.1. The predicted molar refractivity (Wildman–Crippen MR) is 593 cm³/mol. The fourth-order valence-electron chi connectivity index (χ4n) is 26.7. The Hall–Kier alpha value is -14.7. The zero-order valence-electron chi connectivity index (χ0n) is 80.9. The second-order valence-electron chi connectivity index (χ2n) is 40.9. The van der Waals surface area contributed by atoms with E-state index < -0.39 is 0 Å². The van der Waals surface area contributed by atoms with E-state index in [1.54, 1.807) is 11.1 Å². The van der Waals surface area contributed by atoms with Gasteiger partial charge in [0, 0.05) is 65.4 Å². The molecule has 145 heavy (non-hydrogen) atoms. The van der Waals surface area contributed by atoms with Crippen molar-refractivity contribution < 1.29 is 65.4 Å². The molecular formula is C143H98Y2-2. The maximum absolute atomic E-state index is 3.39. The third kappa shape index (κ3) is 15.2. The summed E-state index contributed by atoms with van der Waals surface area (Å²) in [5, 5.41) is 2.75. The molecule has 678 valence electrons. The Labute approximate surface area is 900 Å². The smallest absolute Gasteiger partial charge is 0 e. The maximum atomic E-state index is 3.39. The molecule has 0 N–H and O–H groups in total. The fraction of sp³-hybridized carbons (Fsp3) is 0.0909. The van der Waals surface area contributed by atoms with Gasteiger partial charge in [0.05, 0.1) is 0 Å². The summed E-state index contributed by atoms with van der Waals surface area (Å²) in [5.41, 5.74) is 78.4. The Bertz CT molecular complexity index is 8730. The summed E-state index contributed by atoms with van der Waals surface area (Å²) in [5.74, 6) is 0. The van der Waals surface area contributed by atoms with Gasteiger partial charge in [-0.05, 0) is 385 Å². The van der Waals surface area contributed by atoms with Crippen molar-refractivity contribution in [1.29, 1.82) is 0 Å². The summed E-state index contributed by atoms with van der Waals surface area (Å²) in [6.45, 7) is 0. The largest absolute Gasteiger partial charge is 0.226 e. The second kappa shape index (κ2) is 36.9. The van der Waals surface area contributed by atoms with Gasteiger partial charge in [-0.1, -0.05) is 388 Å². The van der Waals surface area contributed by atoms with Gasteiger partial charge in [-0.2, -0.15) is 36.4 Å². The number of hydrogen-bond donors (Lipinski definition) is 0. The minimum absolute atomic E-state index is 0. The summed E-state index contributed by atoms with van der Waals surface area (Å²) in [4.78, 5) is 0. The molecule has 0 heterocycles. The molecule has 0 amide bonds. The first-order chi connectivity index (χ1) is 70.9. The molecule has 0 spiro atoms. The van der Waals surface area contributed by atoms with Crippen molar-refractivity contribution >= 4 is 10.8 Å². The standard InChI is InChI=1S/C24H16.5C20H14.C19H12.2Y/c1-4-8-20-15(5-1)9-10-17-13-18-11-12-21-19-7-3-2-6-16(19)14-22(21)24(18)23(17)20;2*1-3-7-16-14(6-1)12-19-18(16)10-9-15-11-13-5-2-4-8-17(13)20(15)19;1-3-7-17-13(5-1)9-15-11-20-16(12-19(15)17)10-14-6-2-4-8-18(14)20;1-3-7-17-13(5-1)9-15-11-16-10-14-6-2-4-8-18(14)20(16)12-19(15)17;1-3-7-15-13(5-1)11-19-17(15)9-10-18-16-8-4-2-6-14(16)12-20(18)19;1-2-7-14(8-3-1)17-12-6-10-16-13-15-9-4-5-11-18(15)19(16)17;;/h1-12H,13-14H2;2*1-10H,11-12H2;2*1-8,11-12H,9-10H2;1-10H,11-12H2;1-7,9-11H,13H2;;/q;;;;;;-2;;. The van der Waals surface area contributed by atoms with E-state index in [0.29, 0.717) is 0 Å². The van der Waals surface area contributed by atoms with Gasteiger partial charge in [0.1, 0.15) is 0 Å². The van der Waals surface area contributed by atoms with Gasteiger partial charge < -0.3 is 0 Å². The summed E-state index contributed by atoms with van der Waals surface area (Å²) < 4.78 is 0. The van der Waals surface area contributed by atoms with E-state index in [0.717, 1.165) is 89.0 Å². The first-order valence-electron chi connectivity index (χ1n) is 51.3. The van der Waals surface area contributed by atoms with Crippen LogP contribution in [-0.4, -0.2) is 0 Å². The van der Waals surface area contributed by atoms with Crippen LogP contribution in [0, 0.1) is 12.1 Å². The SMILES string of the molecule is [Y].[Y].[c-]1ccccc1-c1[c-]ccc2c1-c1ccccc1C2.c1ccc2c(c1)Cc1c-2ccc2c1-c1c(ccc3ccccc13)C2.c1ccc2c(c1)Cc1c-2ccc2c1-c1ccccc1C2.c1ccc2c(c1)Cc1c-2ccc2c1-c1ccccc1C2.c1ccc2c(c1)Cc1c-2ccc2c1Cc1ccccc1-2.c1ccc2c(c1)Cc1cc3c(cc1-2)-c1ccccc1C3.c1ccc2c(c1)Cc1cc3c(cc1-2)Cc1ccccc1-3. The van der Waals surface area contributed by atoms with Crippen LogP contribution in [0.2, 0.25) is 0 Å². The number of benzene rings is 22. The molecule has 0 saturated heterocycles. The molecule has 0 atom stereocenters. The van der Waals surface area contributed by atoms with Crippen molar-refractivity contribution in [2.24, 2.45) is 0 Å². The van der Waals surface area contributed by atoms with Gasteiger partial charge in [-0.15, -0.1) is 23.3 Å². The minimum Gasteiger partial charge on any atom is -0.226 e. The summed E-state index contributed by atoms with van der Waals surface area (Å²) in [6, 6.07) is 167. The normalized spacial score (nSPS) is 13.2. The van der Waals surface area contributed by atoms with E-state index in [1.165, 1.54) is 295 Å². The number of rotatable bonds is 1. The van der Waals surface area contributed by atoms with Gasteiger partial charge in [0.2, 0.25) is 0 Å². The van der Waals surface area contributed by atoms with Gasteiger partial charge in [-0.25, -0.2) is 11.1 Å². The third-order valence-corrected chi connectivity index (χ3v) is 33.1. The van der Waals surface area contributed by atoms with E-state index in [-0.39, 0.29) is 65.4 Å². The van der Waals surface area contributed by atoms with Crippen LogP contribution < -0.4 is 0 Å². The van der Waals surface area contributed by atoms with Crippen LogP contribution >= 0.6 is 0 Å². The van der Waals surface area contributed by atoms with E-state index in [2.05, 4.69) is 431 Å². The van der Waals surface area contributed by atoms with Crippen molar-refractivity contribution in [2.75, 3.05) is 0 Å². The molecule has 13 aliphatic carbocycles. The predicted octanol–water partition coefficient (Wildman–Crippen LogP) is 34.6. The Morgan fingerprint density at radius 3 is 0.772 bits per heavy atom. The Kier molecular flexibility index (Phi) is 22.7. The van der Waals surface area contributed by atoms with Crippen LogP contribution in [0.3, 0.4) is 0 Å². The van der Waals surface area contributed by atoms with Crippen LogP contribution in [0.4, 0.5) is 0 Å². The zero-order chi connectivity index (χ0) is 93.8. The first-order valence-corrected chi connectivity index (χ1v) is 51.3. The molecule has 0 aromatic heterocycles. The van der Waals surface area contributed by atoms with E-state index >= 15 is 0 Å². The van der Waals surface area contributed by atoms with Crippen molar-refractivity contribution in [3.8, 4) is 156 Å². The van der Waals surface area contributed by atoms with Crippen molar-refractivity contribution in [3.63, 3.8) is 0 Å². The van der Waals surface area contributed by atoms with E-state index in [4.69, 9.17) is 0 Å². The molecule has 2 radical (unpaired) electrons. The molecule has 0 fully saturated rings. The Morgan fingerprint density at radius 1 is 0.131 bits per heavy atom. The molecule has 13 aliphatic rings. The van der Waals surface area contributed by atoms with Crippen LogP contribution in [-0.2, 0) is 149 Å². The van der Waals surface area contributed by atoms with Crippen molar-refractivity contribution in [3.05, 3.63) is 594 Å². The molecule has 0 saturated carbocycles. The van der Waals surface area contributed by atoms with Gasteiger partial charge in [-0.3, -0.25) is 0 Å². The van der Waals surface area contributed by atoms with Crippen molar-refractivity contribution in [2.45, 2.75) is 83.5 Å². The molecule has 35 rings (SSSR count).